The Morgan fingerprint density at radius 3 is 2.53 bits per heavy atom. The van der Waals surface area contributed by atoms with Crippen molar-refractivity contribution in [3.8, 4) is 0 Å². The molecule has 2 aliphatic rings. The van der Waals surface area contributed by atoms with Crippen molar-refractivity contribution in [2.24, 2.45) is 28.1 Å². The molecule has 2 rings (SSSR count). The number of carbonyl (C=O) groups excluding carboxylic acids is 1. The van der Waals surface area contributed by atoms with Gasteiger partial charge < -0.3 is 15.8 Å². The van der Waals surface area contributed by atoms with Gasteiger partial charge in [0.25, 0.3) is 0 Å². The zero-order chi connectivity index (χ0) is 12.6. The van der Waals surface area contributed by atoms with Crippen LogP contribution in [0.25, 0.3) is 0 Å². The van der Waals surface area contributed by atoms with Gasteiger partial charge in [-0.25, -0.2) is 0 Å². The standard InChI is InChI=1S/C12H21N3O2/c1-8-6-9(8)7-15(2)11(16)12(4-3-5-12)10(13)14-17/h8-9,17H,3-7H2,1-2H3,(H2,13,14). The fourth-order valence-corrected chi connectivity index (χ4v) is 2.66. The molecule has 0 spiro atoms. The molecular formula is C12H21N3O2. The molecule has 0 aromatic heterocycles. The second kappa shape index (κ2) is 4.20. The van der Waals surface area contributed by atoms with Gasteiger partial charge in [-0.15, -0.1) is 0 Å². The Kier molecular flexibility index (Phi) is 3.02. The first-order valence-electron chi connectivity index (χ1n) is 6.25. The number of amidine groups is 1. The van der Waals surface area contributed by atoms with Crippen LogP contribution in [0, 0.1) is 17.3 Å². The van der Waals surface area contributed by atoms with Crippen molar-refractivity contribution in [1.29, 1.82) is 0 Å². The molecule has 0 aliphatic heterocycles. The Morgan fingerprint density at radius 1 is 1.59 bits per heavy atom. The second-order valence-electron chi connectivity index (χ2n) is 5.58. The third kappa shape index (κ3) is 1.98. The van der Waals surface area contributed by atoms with Gasteiger partial charge in [0, 0.05) is 13.6 Å². The molecule has 0 heterocycles. The molecule has 2 aliphatic carbocycles. The molecule has 2 unspecified atom stereocenters. The van der Waals surface area contributed by atoms with Gasteiger partial charge in [0.2, 0.25) is 5.91 Å². The highest BCUT2D eigenvalue weighted by atomic mass is 16.4. The summed E-state index contributed by atoms with van der Waals surface area (Å²) in [5.41, 5.74) is 4.96. The topological polar surface area (TPSA) is 78.9 Å². The van der Waals surface area contributed by atoms with Gasteiger partial charge >= 0.3 is 0 Å². The van der Waals surface area contributed by atoms with Crippen molar-refractivity contribution in [3.63, 3.8) is 0 Å². The average Bonchev–Trinajstić information content (AvgIpc) is 2.92. The zero-order valence-corrected chi connectivity index (χ0v) is 10.5. The van der Waals surface area contributed by atoms with E-state index < -0.39 is 5.41 Å². The third-order valence-electron chi connectivity index (χ3n) is 4.35. The summed E-state index contributed by atoms with van der Waals surface area (Å²) in [7, 11) is 1.82. The molecule has 2 saturated carbocycles. The molecule has 1 amide bonds. The fourth-order valence-electron chi connectivity index (χ4n) is 2.66. The highest BCUT2D eigenvalue weighted by Crippen LogP contribution is 2.44. The smallest absolute Gasteiger partial charge is 0.236 e. The maximum Gasteiger partial charge on any atom is 0.236 e. The van der Waals surface area contributed by atoms with Crippen LogP contribution in [0.4, 0.5) is 0 Å². The molecule has 96 valence electrons. The fraction of sp³-hybridized carbons (Fsp3) is 0.833. The Balaban J connectivity index is 2.02. The van der Waals surface area contributed by atoms with E-state index in [4.69, 9.17) is 10.9 Å². The molecule has 0 aromatic carbocycles. The lowest BCUT2D eigenvalue weighted by Crippen LogP contribution is -2.54. The van der Waals surface area contributed by atoms with Crippen LogP contribution in [0.5, 0.6) is 0 Å². The molecular weight excluding hydrogens is 218 g/mol. The average molecular weight is 239 g/mol. The number of oxime groups is 1. The van der Waals surface area contributed by atoms with Gasteiger partial charge in [-0.1, -0.05) is 18.5 Å². The first-order valence-corrected chi connectivity index (χ1v) is 6.25. The van der Waals surface area contributed by atoms with E-state index in [2.05, 4.69) is 12.1 Å². The SMILES string of the molecule is CC1CC1CN(C)C(=O)C1(C(N)=NO)CCC1. The van der Waals surface area contributed by atoms with Gasteiger partial charge in [-0.3, -0.25) is 4.79 Å². The van der Waals surface area contributed by atoms with Gasteiger partial charge in [0.1, 0.15) is 5.41 Å². The molecule has 0 saturated heterocycles. The first-order chi connectivity index (χ1) is 8.01. The summed E-state index contributed by atoms with van der Waals surface area (Å²) in [5, 5.41) is 11.8. The van der Waals surface area contributed by atoms with Crippen LogP contribution in [-0.4, -0.2) is 35.4 Å². The Morgan fingerprint density at radius 2 is 2.18 bits per heavy atom. The summed E-state index contributed by atoms with van der Waals surface area (Å²) in [5.74, 6) is 1.45. The van der Waals surface area contributed by atoms with Crippen molar-refractivity contribution >= 4 is 11.7 Å². The van der Waals surface area contributed by atoms with Gasteiger partial charge in [0.05, 0.1) is 0 Å². The highest BCUT2D eigenvalue weighted by molar-refractivity contribution is 6.07. The molecule has 2 atom stereocenters. The molecule has 0 radical (unpaired) electrons. The van der Waals surface area contributed by atoms with Crippen molar-refractivity contribution in [3.05, 3.63) is 0 Å². The molecule has 5 nitrogen and oxygen atoms in total. The largest absolute Gasteiger partial charge is 0.409 e. The number of rotatable bonds is 4. The van der Waals surface area contributed by atoms with E-state index in [9.17, 15) is 4.79 Å². The molecule has 17 heavy (non-hydrogen) atoms. The van der Waals surface area contributed by atoms with E-state index >= 15 is 0 Å². The van der Waals surface area contributed by atoms with Gasteiger partial charge in [0.15, 0.2) is 5.84 Å². The highest BCUT2D eigenvalue weighted by Gasteiger charge is 2.50. The van der Waals surface area contributed by atoms with Crippen LogP contribution < -0.4 is 5.73 Å². The molecule has 0 aromatic rings. The lowest BCUT2D eigenvalue weighted by Gasteiger charge is -2.41. The van der Waals surface area contributed by atoms with E-state index in [1.54, 1.807) is 4.90 Å². The summed E-state index contributed by atoms with van der Waals surface area (Å²) >= 11 is 0. The normalized spacial score (nSPS) is 30.6. The van der Waals surface area contributed by atoms with Crippen LogP contribution in [-0.2, 0) is 4.79 Å². The van der Waals surface area contributed by atoms with E-state index in [-0.39, 0.29) is 11.7 Å². The summed E-state index contributed by atoms with van der Waals surface area (Å²) in [6, 6.07) is 0. The summed E-state index contributed by atoms with van der Waals surface area (Å²) in [6.07, 6.45) is 3.57. The number of nitrogens with zero attached hydrogens (tertiary/aromatic N) is 2. The van der Waals surface area contributed by atoms with E-state index in [1.165, 1.54) is 6.42 Å². The minimum atomic E-state index is -0.721. The lowest BCUT2D eigenvalue weighted by atomic mass is 9.67. The van der Waals surface area contributed by atoms with Crippen LogP contribution in [0.15, 0.2) is 5.16 Å². The Bertz CT molecular complexity index is 350. The number of nitrogens with two attached hydrogens (primary N) is 1. The van der Waals surface area contributed by atoms with Gasteiger partial charge in [-0.2, -0.15) is 0 Å². The van der Waals surface area contributed by atoms with Crippen molar-refractivity contribution in [1.82, 2.24) is 4.90 Å². The van der Waals surface area contributed by atoms with Crippen LogP contribution in [0.1, 0.15) is 32.6 Å². The third-order valence-corrected chi connectivity index (χ3v) is 4.35. The zero-order valence-electron chi connectivity index (χ0n) is 10.5. The minimum absolute atomic E-state index is 0.0122. The molecule has 3 N–H and O–H groups in total. The summed E-state index contributed by atoms with van der Waals surface area (Å²) in [6.45, 7) is 2.99. The summed E-state index contributed by atoms with van der Waals surface area (Å²) in [4.78, 5) is 14.1. The number of hydrogen-bond donors (Lipinski definition) is 2. The second-order valence-corrected chi connectivity index (χ2v) is 5.58. The van der Waals surface area contributed by atoms with Crippen molar-refractivity contribution < 1.29 is 10.0 Å². The summed E-state index contributed by atoms with van der Waals surface area (Å²) < 4.78 is 0. The van der Waals surface area contributed by atoms with E-state index in [0.717, 1.165) is 18.9 Å². The molecule has 0 bridgehead atoms. The number of carbonyl (C=O) groups is 1. The lowest BCUT2D eigenvalue weighted by molar-refractivity contribution is -0.141. The van der Waals surface area contributed by atoms with E-state index in [0.29, 0.717) is 18.8 Å². The van der Waals surface area contributed by atoms with E-state index in [1.807, 2.05) is 7.05 Å². The Hall–Kier alpha value is -1.26. The Labute approximate surface area is 102 Å². The number of hydrogen-bond acceptors (Lipinski definition) is 3. The number of amides is 1. The van der Waals surface area contributed by atoms with Crippen LogP contribution >= 0.6 is 0 Å². The quantitative estimate of drug-likeness (QED) is 0.333. The maximum absolute atomic E-state index is 12.4. The maximum atomic E-state index is 12.4. The monoisotopic (exact) mass is 239 g/mol. The predicted octanol–water partition coefficient (Wildman–Crippen LogP) is 1.02. The van der Waals surface area contributed by atoms with Gasteiger partial charge in [-0.05, 0) is 31.1 Å². The first kappa shape index (κ1) is 12.2. The predicted molar refractivity (Wildman–Crippen MR) is 64.6 cm³/mol. The van der Waals surface area contributed by atoms with Crippen LogP contribution in [0.3, 0.4) is 0 Å². The minimum Gasteiger partial charge on any atom is -0.409 e. The van der Waals surface area contributed by atoms with Crippen molar-refractivity contribution in [2.45, 2.75) is 32.6 Å². The van der Waals surface area contributed by atoms with Crippen LogP contribution in [0.2, 0.25) is 0 Å². The molecule has 2 fully saturated rings. The molecule has 5 heteroatoms. The van der Waals surface area contributed by atoms with Crippen molar-refractivity contribution in [2.75, 3.05) is 13.6 Å².